The molecule has 0 aromatic rings. The lowest BCUT2D eigenvalue weighted by atomic mass is 9.53. The van der Waals surface area contributed by atoms with Gasteiger partial charge < -0.3 is 18.9 Å². The molecule has 4 atom stereocenters. The van der Waals surface area contributed by atoms with E-state index in [4.69, 9.17) is 23.8 Å². The van der Waals surface area contributed by atoms with Gasteiger partial charge in [0.05, 0.1) is 30.8 Å². The second kappa shape index (κ2) is 9.62. The fraction of sp³-hybridized carbons (Fsp3) is 0.889. The number of amides is 1. The van der Waals surface area contributed by atoms with E-state index in [-0.39, 0.29) is 44.0 Å². The van der Waals surface area contributed by atoms with Crippen LogP contribution in [-0.2, 0) is 28.6 Å². The van der Waals surface area contributed by atoms with E-state index in [2.05, 4.69) is 6.07 Å². The minimum atomic E-state index is -0.765. The van der Waals surface area contributed by atoms with Crippen LogP contribution in [0.2, 0.25) is 0 Å². The highest BCUT2D eigenvalue weighted by Gasteiger charge is 2.57. The molecule has 0 N–H and O–H groups in total. The zero-order chi connectivity index (χ0) is 20.0. The third kappa shape index (κ3) is 4.93. The molecule has 26 heavy (non-hydrogen) atoms. The van der Waals surface area contributed by atoms with Crippen molar-refractivity contribution >= 4 is 5.91 Å². The zero-order valence-electron chi connectivity index (χ0n) is 16.9. The van der Waals surface area contributed by atoms with E-state index in [9.17, 15) is 10.1 Å². The van der Waals surface area contributed by atoms with E-state index >= 15 is 0 Å². The summed E-state index contributed by atoms with van der Waals surface area (Å²) in [5, 5.41) is 11.1. The molecule has 0 bridgehead atoms. The predicted molar refractivity (Wildman–Crippen MR) is 93.5 cm³/mol. The monoisotopic (exact) mass is 372 g/mol. The third-order valence-electron chi connectivity index (χ3n) is 5.39. The summed E-state index contributed by atoms with van der Waals surface area (Å²) in [4.78, 5) is 17.5. The van der Waals surface area contributed by atoms with Gasteiger partial charge in [-0.2, -0.15) is 5.26 Å². The second-order valence-corrected chi connectivity index (χ2v) is 7.49. The Kier molecular flexibility index (Phi) is 8.44. The largest absolute Gasteiger partial charge is 0.359 e. The van der Waals surface area contributed by atoms with E-state index < -0.39 is 10.8 Å². The molecule has 0 aromatic heterocycles. The molecular formula is C18H32N2O6. The van der Waals surface area contributed by atoms with Crippen molar-refractivity contribution in [3.05, 3.63) is 0 Å². The van der Waals surface area contributed by atoms with Crippen LogP contribution in [0.1, 0.15) is 33.6 Å². The summed E-state index contributed by atoms with van der Waals surface area (Å²) in [6.45, 7) is 6.06. The lowest BCUT2D eigenvalue weighted by molar-refractivity contribution is -0.233. The number of rotatable bonds is 9. The Bertz CT molecular complexity index is 506. The molecule has 0 radical (unpaired) electrons. The van der Waals surface area contributed by atoms with Crippen LogP contribution in [0.4, 0.5) is 0 Å². The molecule has 0 spiro atoms. The third-order valence-corrected chi connectivity index (χ3v) is 5.39. The molecule has 0 aromatic carbocycles. The van der Waals surface area contributed by atoms with Gasteiger partial charge >= 0.3 is 0 Å². The molecule has 0 unspecified atom stereocenters. The number of hydrogen-bond donors (Lipinski definition) is 0. The Morgan fingerprint density at radius 1 is 1.15 bits per heavy atom. The van der Waals surface area contributed by atoms with E-state index in [1.165, 1.54) is 12.2 Å². The molecule has 1 aliphatic carbocycles. The maximum absolute atomic E-state index is 12.5. The van der Waals surface area contributed by atoms with Gasteiger partial charge in [-0.3, -0.25) is 9.63 Å². The Labute approximate surface area is 156 Å². The highest BCUT2D eigenvalue weighted by molar-refractivity contribution is 5.75. The first kappa shape index (κ1) is 22.8. The highest BCUT2D eigenvalue weighted by atomic mass is 16.7. The number of carbonyl (C=O) groups excluding carboxylic acids is 1. The first-order valence-corrected chi connectivity index (χ1v) is 8.60. The fourth-order valence-corrected chi connectivity index (χ4v) is 3.95. The van der Waals surface area contributed by atoms with Crippen LogP contribution in [0.5, 0.6) is 0 Å². The van der Waals surface area contributed by atoms with Crippen LogP contribution in [0.3, 0.4) is 0 Å². The van der Waals surface area contributed by atoms with Gasteiger partial charge in [-0.25, -0.2) is 5.06 Å². The Morgan fingerprint density at radius 3 is 2.23 bits per heavy atom. The summed E-state index contributed by atoms with van der Waals surface area (Å²) in [6.07, 6.45) is -0.106. The van der Waals surface area contributed by atoms with Gasteiger partial charge in [0.1, 0.15) is 13.6 Å². The smallest absolute Gasteiger partial charge is 0.246 e. The summed E-state index contributed by atoms with van der Waals surface area (Å²) >= 11 is 0. The standard InChI is InChI=1S/C18H32N2O6/c1-17(2)14(8-15(21)20(4)24-7)18(3,10-19)9-13(25-11-22-5)16(17)26-12-23-6/h13-14,16H,8-9,11-12H2,1-7H3/t13-,14+,16+,18-/m0/s1. The molecular weight excluding hydrogens is 340 g/mol. The lowest BCUT2D eigenvalue weighted by Gasteiger charge is -2.54. The van der Waals surface area contributed by atoms with Crippen molar-refractivity contribution in [2.75, 3.05) is 42.0 Å². The van der Waals surface area contributed by atoms with Gasteiger partial charge in [0.2, 0.25) is 5.91 Å². The molecule has 8 heteroatoms. The molecule has 1 amide bonds. The summed E-state index contributed by atoms with van der Waals surface area (Å²) < 4.78 is 21.9. The molecule has 1 aliphatic rings. The van der Waals surface area contributed by atoms with Gasteiger partial charge in [-0.1, -0.05) is 13.8 Å². The SMILES string of the molecule is COCO[C@H]1C[C@@](C)(C#N)[C@H](CC(=O)N(C)OC)C(C)(C)[C@@H]1OCOC. The van der Waals surface area contributed by atoms with Crippen molar-refractivity contribution in [1.82, 2.24) is 5.06 Å². The van der Waals surface area contributed by atoms with Crippen molar-refractivity contribution in [2.24, 2.45) is 16.7 Å². The number of methoxy groups -OCH3 is 2. The van der Waals surface area contributed by atoms with Crippen LogP contribution < -0.4 is 0 Å². The van der Waals surface area contributed by atoms with Crippen molar-refractivity contribution in [3.8, 4) is 6.07 Å². The highest BCUT2D eigenvalue weighted by Crippen LogP contribution is 2.54. The number of ether oxygens (including phenoxy) is 4. The number of hydroxylamine groups is 2. The van der Waals surface area contributed by atoms with Gasteiger partial charge in [0.15, 0.2) is 0 Å². The molecule has 1 rings (SSSR count). The van der Waals surface area contributed by atoms with E-state index in [1.807, 2.05) is 20.8 Å². The first-order chi connectivity index (χ1) is 12.2. The van der Waals surface area contributed by atoms with Gasteiger partial charge in [-0.15, -0.1) is 0 Å². The quantitative estimate of drug-likeness (QED) is 0.451. The van der Waals surface area contributed by atoms with E-state index in [0.717, 1.165) is 0 Å². The van der Waals surface area contributed by atoms with Gasteiger partial charge in [0, 0.05) is 27.7 Å². The van der Waals surface area contributed by atoms with Crippen molar-refractivity contribution < 1.29 is 28.6 Å². The molecule has 0 saturated heterocycles. The molecule has 1 fully saturated rings. The summed E-state index contributed by atoms with van der Waals surface area (Å²) in [6, 6.07) is 2.41. The average molecular weight is 372 g/mol. The maximum Gasteiger partial charge on any atom is 0.246 e. The molecule has 0 aliphatic heterocycles. The van der Waals surface area contributed by atoms with Crippen molar-refractivity contribution in [3.63, 3.8) is 0 Å². The first-order valence-electron chi connectivity index (χ1n) is 8.60. The van der Waals surface area contributed by atoms with Crippen LogP contribution in [0.25, 0.3) is 0 Å². The fourth-order valence-electron chi connectivity index (χ4n) is 3.95. The zero-order valence-corrected chi connectivity index (χ0v) is 16.9. The van der Waals surface area contributed by atoms with Crippen LogP contribution >= 0.6 is 0 Å². The molecule has 150 valence electrons. The van der Waals surface area contributed by atoms with E-state index in [0.29, 0.717) is 6.42 Å². The maximum atomic E-state index is 12.5. The number of nitrogens with zero attached hydrogens (tertiary/aromatic N) is 2. The second-order valence-electron chi connectivity index (χ2n) is 7.49. The Hall–Kier alpha value is -1.24. The molecule has 0 heterocycles. The summed E-state index contributed by atoms with van der Waals surface area (Å²) in [5.74, 6) is -0.442. The minimum Gasteiger partial charge on any atom is -0.359 e. The predicted octanol–water partition coefficient (Wildman–Crippen LogP) is 1.95. The van der Waals surface area contributed by atoms with Crippen molar-refractivity contribution in [1.29, 1.82) is 5.26 Å². The Balaban J connectivity index is 3.21. The van der Waals surface area contributed by atoms with Crippen LogP contribution in [0.15, 0.2) is 0 Å². The lowest BCUT2D eigenvalue weighted by Crippen LogP contribution is -2.58. The normalized spacial score (nSPS) is 30.6. The van der Waals surface area contributed by atoms with E-state index in [1.54, 1.807) is 21.3 Å². The number of hydrogen-bond acceptors (Lipinski definition) is 7. The molecule has 8 nitrogen and oxygen atoms in total. The van der Waals surface area contributed by atoms with Crippen LogP contribution in [-0.4, -0.2) is 65.1 Å². The van der Waals surface area contributed by atoms with Crippen molar-refractivity contribution in [2.45, 2.75) is 45.8 Å². The number of carbonyl (C=O) groups is 1. The van der Waals surface area contributed by atoms with Gasteiger partial charge in [-0.05, 0) is 24.7 Å². The summed E-state index contributed by atoms with van der Waals surface area (Å²) in [5.41, 5.74) is -1.29. The Morgan fingerprint density at radius 2 is 1.73 bits per heavy atom. The minimum absolute atomic E-state index is 0.100. The average Bonchev–Trinajstić information content (AvgIpc) is 2.61. The topological polar surface area (TPSA) is 90.3 Å². The van der Waals surface area contributed by atoms with Gasteiger partial charge in [0.25, 0.3) is 0 Å². The summed E-state index contributed by atoms with van der Waals surface area (Å²) in [7, 11) is 6.09. The molecule has 1 saturated carbocycles. The number of nitriles is 1. The van der Waals surface area contributed by atoms with Crippen LogP contribution in [0, 0.1) is 28.1 Å².